The van der Waals surface area contributed by atoms with Gasteiger partial charge in [0, 0.05) is 24.2 Å². The summed E-state index contributed by atoms with van der Waals surface area (Å²) >= 11 is 0. The number of nitrogens with one attached hydrogen (secondary N) is 2. The van der Waals surface area contributed by atoms with Crippen LogP contribution >= 0.6 is 0 Å². The number of aryl methyl sites for hydroxylation is 1. The van der Waals surface area contributed by atoms with Gasteiger partial charge in [0.1, 0.15) is 0 Å². The van der Waals surface area contributed by atoms with Gasteiger partial charge in [-0.15, -0.1) is 0 Å². The number of aromatic nitrogens is 1. The van der Waals surface area contributed by atoms with E-state index in [-0.39, 0.29) is 23.5 Å². The molecule has 114 valence electrons. The van der Waals surface area contributed by atoms with E-state index in [9.17, 15) is 9.59 Å². The lowest BCUT2D eigenvalue weighted by Crippen LogP contribution is -2.45. The minimum atomic E-state index is -0.311. The van der Waals surface area contributed by atoms with Crippen molar-refractivity contribution >= 4 is 17.6 Å². The molecule has 1 aliphatic rings. The number of likely N-dealkylation sites (tertiary alicyclic amines) is 1. The summed E-state index contributed by atoms with van der Waals surface area (Å²) < 4.78 is 0. The van der Waals surface area contributed by atoms with Crippen LogP contribution in [-0.4, -0.2) is 39.9 Å². The summed E-state index contributed by atoms with van der Waals surface area (Å²) in [5.41, 5.74) is 1.31. The Morgan fingerprint density at radius 2 is 2.10 bits per heavy atom. The molecule has 0 spiro atoms. The Kier molecular flexibility index (Phi) is 4.16. The third-order valence-corrected chi connectivity index (χ3v) is 3.44. The average molecular weight is 290 g/mol. The second-order valence-electron chi connectivity index (χ2n) is 6.36. The van der Waals surface area contributed by atoms with Gasteiger partial charge in [-0.2, -0.15) is 0 Å². The van der Waals surface area contributed by atoms with Gasteiger partial charge < -0.3 is 15.5 Å². The van der Waals surface area contributed by atoms with E-state index in [0.717, 1.165) is 5.69 Å². The molecule has 2 heterocycles. The summed E-state index contributed by atoms with van der Waals surface area (Å²) in [6, 6.07) is 3.16. The van der Waals surface area contributed by atoms with Crippen LogP contribution in [0.1, 0.15) is 32.9 Å². The highest BCUT2D eigenvalue weighted by Gasteiger charge is 2.36. The van der Waals surface area contributed by atoms with Crippen molar-refractivity contribution in [2.45, 2.75) is 45.7 Å². The molecular formula is C15H22N4O2. The molecule has 1 unspecified atom stereocenters. The minimum absolute atomic E-state index is 0.0739. The molecule has 3 amide bonds. The molecule has 0 saturated carbocycles. The first-order valence-corrected chi connectivity index (χ1v) is 7.06. The van der Waals surface area contributed by atoms with Gasteiger partial charge in [0.25, 0.3) is 0 Å². The van der Waals surface area contributed by atoms with Gasteiger partial charge in [0.15, 0.2) is 0 Å². The van der Waals surface area contributed by atoms with Crippen molar-refractivity contribution in [2.24, 2.45) is 0 Å². The zero-order valence-corrected chi connectivity index (χ0v) is 12.9. The number of anilines is 1. The van der Waals surface area contributed by atoms with Gasteiger partial charge in [-0.3, -0.25) is 9.78 Å². The molecule has 1 atom stereocenters. The van der Waals surface area contributed by atoms with E-state index in [4.69, 9.17) is 0 Å². The Labute approximate surface area is 124 Å². The Balaban J connectivity index is 1.89. The van der Waals surface area contributed by atoms with Crippen LogP contribution in [0.2, 0.25) is 0 Å². The number of hydrogen-bond acceptors (Lipinski definition) is 3. The second-order valence-corrected chi connectivity index (χ2v) is 6.36. The number of pyridine rings is 1. The van der Waals surface area contributed by atoms with E-state index in [1.807, 2.05) is 33.8 Å². The summed E-state index contributed by atoms with van der Waals surface area (Å²) in [7, 11) is 0. The van der Waals surface area contributed by atoms with Gasteiger partial charge >= 0.3 is 6.03 Å². The first-order valence-electron chi connectivity index (χ1n) is 7.06. The molecule has 0 radical (unpaired) electrons. The lowest BCUT2D eigenvalue weighted by Gasteiger charge is -2.32. The zero-order chi connectivity index (χ0) is 15.6. The number of carbonyl (C=O) groups is 2. The summed E-state index contributed by atoms with van der Waals surface area (Å²) in [5, 5.41) is 5.56. The lowest BCUT2D eigenvalue weighted by molar-refractivity contribution is -0.131. The Morgan fingerprint density at radius 3 is 2.62 bits per heavy atom. The second kappa shape index (κ2) is 5.71. The molecule has 1 aromatic heterocycles. The third-order valence-electron chi connectivity index (χ3n) is 3.44. The first-order chi connectivity index (χ1) is 9.75. The van der Waals surface area contributed by atoms with Gasteiger partial charge in [-0.25, -0.2) is 4.79 Å². The van der Waals surface area contributed by atoms with Crippen LogP contribution in [0.15, 0.2) is 18.3 Å². The number of nitrogens with zero attached hydrogens (tertiary/aromatic N) is 2. The summed E-state index contributed by atoms with van der Waals surface area (Å²) in [5.74, 6) is 0.0739. The highest BCUT2D eigenvalue weighted by molar-refractivity contribution is 5.90. The van der Waals surface area contributed by atoms with Crippen LogP contribution in [0.3, 0.4) is 0 Å². The van der Waals surface area contributed by atoms with Crippen molar-refractivity contribution in [1.82, 2.24) is 15.2 Å². The summed E-state index contributed by atoms with van der Waals surface area (Å²) in [6.45, 7) is 8.40. The molecule has 1 aromatic rings. The van der Waals surface area contributed by atoms with E-state index in [1.165, 1.54) is 0 Å². The fraction of sp³-hybridized carbons (Fsp3) is 0.533. The molecule has 2 rings (SSSR count). The molecule has 1 aliphatic heterocycles. The van der Waals surface area contributed by atoms with E-state index < -0.39 is 0 Å². The van der Waals surface area contributed by atoms with Crippen molar-refractivity contribution < 1.29 is 9.59 Å². The van der Waals surface area contributed by atoms with Crippen LogP contribution in [0, 0.1) is 6.92 Å². The largest absolute Gasteiger partial charge is 0.336 e. The van der Waals surface area contributed by atoms with Gasteiger partial charge in [0.2, 0.25) is 5.91 Å². The summed E-state index contributed by atoms with van der Waals surface area (Å²) in [4.78, 5) is 29.8. The Hall–Kier alpha value is -2.11. The van der Waals surface area contributed by atoms with Crippen LogP contribution in [0.25, 0.3) is 0 Å². The van der Waals surface area contributed by atoms with Crippen LogP contribution < -0.4 is 10.6 Å². The number of hydrogen-bond donors (Lipinski definition) is 2. The average Bonchev–Trinajstić information content (AvgIpc) is 2.73. The third kappa shape index (κ3) is 3.93. The topological polar surface area (TPSA) is 74.3 Å². The van der Waals surface area contributed by atoms with Crippen LogP contribution in [-0.2, 0) is 4.79 Å². The monoisotopic (exact) mass is 290 g/mol. The van der Waals surface area contributed by atoms with Crippen LogP contribution in [0.5, 0.6) is 0 Å². The molecule has 2 N–H and O–H groups in total. The fourth-order valence-corrected chi connectivity index (χ4v) is 2.35. The van der Waals surface area contributed by atoms with Crippen molar-refractivity contribution in [3.63, 3.8) is 0 Å². The molecule has 0 bridgehead atoms. The van der Waals surface area contributed by atoms with Gasteiger partial charge in [0.05, 0.1) is 17.9 Å². The maximum absolute atomic E-state index is 12.0. The van der Waals surface area contributed by atoms with E-state index in [2.05, 4.69) is 15.6 Å². The Bertz CT molecular complexity index is 534. The van der Waals surface area contributed by atoms with Crippen molar-refractivity contribution in [2.75, 3.05) is 11.9 Å². The standard InChI is InChI=1S/C15H22N4O2/c1-10-5-6-11(8-16-10)17-14(21)18-12-7-13(20)19(9-12)15(2,3)4/h5-6,8,12H,7,9H2,1-4H3,(H2,17,18,21). The number of urea groups is 1. The number of rotatable bonds is 2. The van der Waals surface area contributed by atoms with Crippen LogP contribution in [0.4, 0.5) is 10.5 Å². The van der Waals surface area contributed by atoms with Gasteiger partial charge in [-0.1, -0.05) is 0 Å². The van der Waals surface area contributed by atoms with Crippen molar-refractivity contribution in [3.8, 4) is 0 Å². The van der Waals surface area contributed by atoms with Crippen molar-refractivity contribution in [3.05, 3.63) is 24.0 Å². The molecule has 6 heteroatoms. The smallest absolute Gasteiger partial charge is 0.319 e. The highest BCUT2D eigenvalue weighted by Crippen LogP contribution is 2.21. The Morgan fingerprint density at radius 1 is 1.38 bits per heavy atom. The highest BCUT2D eigenvalue weighted by atomic mass is 16.2. The maximum Gasteiger partial charge on any atom is 0.319 e. The van der Waals surface area contributed by atoms with Gasteiger partial charge in [-0.05, 0) is 39.8 Å². The molecule has 6 nitrogen and oxygen atoms in total. The molecule has 0 aliphatic carbocycles. The maximum atomic E-state index is 12.0. The normalized spacial score (nSPS) is 18.8. The number of carbonyl (C=O) groups excluding carboxylic acids is 2. The number of amides is 3. The quantitative estimate of drug-likeness (QED) is 0.873. The SMILES string of the molecule is Cc1ccc(NC(=O)NC2CC(=O)N(C(C)(C)C)C2)cn1. The molecule has 1 saturated heterocycles. The zero-order valence-electron chi connectivity index (χ0n) is 12.9. The summed E-state index contributed by atoms with van der Waals surface area (Å²) in [6.07, 6.45) is 1.95. The van der Waals surface area contributed by atoms with E-state index in [0.29, 0.717) is 18.7 Å². The minimum Gasteiger partial charge on any atom is -0.336 e. The first kappa shape index (κ1) is 15.3. The molecule has 0 aromatic carbocycles. The van der Waals surface area contributed by atoms with E-state index in [1.54, 1.807) is 17.2 Å². The molecular weight excluding hydrogens is 268 g/mol. The lowest BCUT2D eigenvalue weighted by atomic mass is 10.1. The van der Waals surface area contributed by atoms with E-state index >= 15 is 0 Å². The predicted octanol–water partition coefficient (Wildman–Crippen LogP) is 1.91. The van der Waals surface area contributed by atoms with Crippen molar-refractivity contribution in [1.29, 1.82) is 0 Å². The molecule has 1 fully saturated rings. The fourth-order valence-electron chi connectivity index (χ4n) is 2.35. The molecule has 21 heavy (non-hydrogen) atoms. The predicted molar refractivity (Wildman–Crippen MR) is 81.0 cm³/mol.